The normalized spacial score (nSPS) is 24.7. The second-order valence-electron chi connectivity index (χ2n) is 7.46. The molecular weight excluding hydrogens is 344 g/mol. The first-order valence-corrected chi connectivity index (χ1v) is 9.40. The second-order valence-corrected chi connectivity index (χ2v) is 7.46. The van der Waals surface area contributed by atoms with Crippen molar-refractivity contribution in [1.82, 2.24) is 9.88 Å². The van der Waals surface area contributed by atoms with Gasteiger partial charge in [0.2, 0.25) is 0 Å². The Labute approximate surface area is 158 Å². The number of pyridine rings is 1. The molecule has 1 amide bonds. The van der Waals surface area contributed by atoms with E-state index in [-0.39, 0.29) is 23.5 Å². The minimum absolute atomic E-state index is 0.0835. The molecule has 0 saturated carbocycles. The summed E-state index contributed by atoms with van der Waals surface area (Å²) in [7, 11) is 0. The lowest BCUT2D eigenvalue weighted by Gasteiger charge is -2.48. The second kappa shape index (κ2) is 7.29. The summed E-state index contributed by atoms with van der Waals surface area (Å²) in [4.78, 5) is 18.4. The predicted octanol–water partition coefficient (Wildman–Crippen LogP) is 2.67. The Balaban J connectivity index is 1.46. The maximum absolute atomic E-state index is 12.7. The number of aromatic hydroxyl groups is 1. The number of aliphatic hydroxyl groups excluding tert-OH is 1. The third kappa shape index (κ3) is 3.68. The van der Waals surface area contributed by atoms with Crippen molar-refractivity contribution in [2.24, 2.45) is 0 Å². The summed E-state index contributed by atoms with van der Waals surface area (Å²) < 4.78 is 6.47. The number of amides is 1. The number of carbonyl (C=O) groups is 1. The summed E-state index contributed by atoms with van der Waals surface area (Å²) in [6, 6.07) is 13.0. The predicted molar refractivity (Wildman–Crippen MR) is 99.3 cm³/mol. The fourth-order valence-corrected chi connectivity index (χ4v) is 4.18. The van der Waals surface area contributed by atoms with Gasteiger partial charge in [0.25, 0.3) is 5.91 Å². The van der Waals surface area contributed by atoms with Crippen LogP contribution in [0, 0.1) is 0 Å². The van der Waals surface area contributed by atoms with Crippen LogP contribution in [0.25, 0.3) is 0 Å². The van der Waals surface area contributed by atoms with E-state index in [0.29, 0.717) is 38.8 Å². The van der Waals surface area contributed by atoms with E-state index in [0.717, 1.165) is 5.56 Å². The van der Waals surface area contributed by atoms with Crippen LogP contribution in [0.15, 0.2) is 48.7 Å². The van der Waals surface area contributed by atoms with Crippen molar-refractivity contribution in [1.29, 1.82) is 0 Å². The Morgan fingerprint density at radius 3 is 2.59 bits per heavy atom. The minimum Gasteiger partial charge on any atom is -0.505 e. The fraction of sp³-hybridized carbons (Fsp3) is 0.429. The summed E-state index contributed by atoms with van der Waals surface area (Å²) in [5.41, 5.74) is 0.744. The van der Waals surface area contributed by atoms with Crippen LogP contribution in [0.2, 0.25) is 0 Å². The van der Waals surface area contributed by atoms with Crippen LogP contribution >= 0.6 is 0 Å². The van der Waals surface area contributed by atoms with Gasteiger partial charge in [0.1, 0.15) is 5.75 Å². The lowest BCUT2D eigenvalue weighted by atomic mass is 9.81. The molecule has 2 fully saturated rings. The molecule has 6 heteroatoms. The summed E-state index contributed by atoms with van der Waals surface area (Å²) >= 11 is 0. The maximum Gasteiger partial charge on any atom is 0.276 e. The number of hydrogen-bond acceptors (Lipinski definition) is 5. The van der Waals surface area contributed by atoms with Crippen molar-refractivity contribution in [3.05, 3.63) is 59.9 Å². The summed E-state index contributed by atoms with van der Waals surface area (Å²) in [6.07, 6.45) is 3.47. The minimum atomic E-state index is -0.416. The van der Waals surface area contributed by atoms with E-state index in [1.165, 1.54) is 12.3 Å². The third-order valence-corrected chi connectivity index (χ3v) is 5.61. The van der Waals surface area contributed by atoms with Crippen molar-refractivity contribution >= 4 is 5.91 Å². The highest BCUT2D eigenvalue weighted by molar-refractivity contribution is 5.94. The highest BCUT2D eigenvalue weighted by atomic mass is 16.5. The van der Waals surface area contributed by atoms with Gasteiger partial charge in [-0.3, -0.25) is 4.79 Å². The van der Waals surface area contributed by atoms with Gasteiger partial charge in [-0.25, -0.2) is 4.98 Å². The van der Waals surface area contributed by atoms with E-state index < -0.39 is 11.7 Å². The number of nitrogens with zero attached hydrogens (tertiary/aromatic N) is 2. The first-order valence-electron chi connectivity index (χ1n) is 9.40. The van der Waals surface area contributed by atoms with Gasteiger partial charge in [-0.05, 0) is 30.5 Å². The maximum atomic E-state index is 12.7. The number of benzene rings is 1. The van der Waals surface area contributed by atoms with Gasteiger partial charge < -0.3 is 19.8 Å². The number of ether oxygens (including phenoxy) is 1. The molecule has 2 N–H and O–H groups in total. The van der Waals surface area contributed by atoms with Crippen molar-refractivity contribution in [3.8, 4) is 5.75 Å². The number of aromatic nitrogens is 1. The number of aliphatic hydroxyl groups is 1. The molecule has 1 spiro atoms. The van der Waals surface area contributed by atoms with Crippen LogP contribution in [0.4, 0.5) is 0 Å². The average Bonchev–Trinajstić information content (AvgIpc) is 2.68. The Bertz CT molecular complexity index is 803. The van der Waals surface area contributed by atoms with Crippen molar-refractivity contribution in [2.45, 2.75) is 43.5 Å². The van der Waals surface area contributed by atoms with Gasteiger partial charge in [-0.1, -0.05) is 30.3 Å². The molecule has 3 heterocycles. The van der Waals surface area contributed by atoms with Gasteiger partial charge >= 0.3 is 0 Å². The molecule has 0 bridgehead atoms. The number of rotatable bonds is 2. The Morgan fingerprint density at radius 2 is 1.89 bits per heavy atom. The third-order valence-electron chi connectivity index (χ3n) is 5.61. The summed E-state index contributed by atoms with van der Waals surface area (Å²) in [5, 5.41) is 20.3. The van der Waals surface area contributed by atoms with Gasteiger partial charge in [0.05, 0.1) is 17.8 Å². The molecule has 27 heavy (non-hydrogen) atoms. The van der Waals surface area contributed by atoms with Crippen LogP contribution in [-0.2, 0) is 4.74 Å². The van der Waals surface area contributed by atoms with E-state index in [4.69, 9.17) is 4.74 Å². The fourth-order valence-electron chi connectivity index (χ4n) is 4.18. The van der Waals surface area contributed by atoms with Gasteiger partial charge in [0.15, 0.2) is 5.69 Å². The SMILES string of the molecule is O=C(c1ncccc1O)N1CCC2(CC1)C[C@H](O)C[C@H](c1ccccc1)O2. The lowest BCUT2D eigenvalue weighted by molar-refractivity contribution is -0.181. The topological polar surface area (TPSA) is 82.9 Å². The molecule has 2 aliphatic heterocycles. The van der Waals surface area contributed by atoms with Gasteiger partial charge in [-0.2, -0.15) is 0 Å². The molecule has 2 aliphatic rings. The molecule has 2 atom stereocenters. The molecular formula is C21H24N2O4. The van der Waals surface area contributed by atoms with Crippen LogP contribution in [-0.4, -0.2) is 50.8 Å². The zero-order valence-corrected chi connectivity index (χ0v) is 15.1. The molecule has 0 radical (unpaired) electrons. The van der Waals surface area contributed by atoms with Gasteiger partial charge in [0, 0.05) is 32.1 Å². The van der Waals surface area contributed by atoms with E-state index in [2.05, 4.69) is 4.98 Å². The molecule has 2 saturated heterocycles. The number of likely N-dealkylation sites (tertiary alicyclic amines) is 1. The highest BCUT2D eigenvalue weighted by Crippen LogP contribution is 2.43. The number of carbonyl (C=O) groups excluding carboxylic acids is 1. The van der Waals surface area contributed by atoms with E-state index in [9.17, 15) is 15.0 Å². The molecule has 2 aromatic rings. The van der Waals surface area contributed by atoms with Crippen LogP contribution in [0.1, 0.15) is 47.8 Å². The summed E-state index contributed by atoms with van der Waals surface area (Å²) in [6.45, 7) is 1.03. The average molecular weight is 368 g/mol. The zero-order chi connectivity index (χ0) is 18.9. The van der Waals surface area contributed by atoms with Crippen LogP contribution in [0.5, 0.6) is 5.75 Å². The van der Waals surface area contributed by atoms with Crippen molar-refractivity contribution in [2.75, 3.05) is 13.1 Å². The quantitative estimate of drug-likeness (QED) is 0.852. The molecule has 1 aromatic heterocycles. The van der Waals surface area contributed by atoms with E-state index in [1.807, 2.05) is 30.3 Å². The molecule has 1 aromatic carbocycles. The highest BCUT2D eigenvalue weighted by Gasteiger charge is 2.44. The molecule has 142 valence electrons. The molecule has 0 unspecified atom stereocenters. The van der Waals surface area contributed by atoms with Crippen molar-refractivity contribution < 1.29 is 19.7 Å². The molecule has 0 aliphatic carbocycles. The van der Waals surface area contributed by atoms with Crippen LogP contribution < -0.4 is 0 Å². The standard InChI is InChI=1S/C21H24N2O4/c24-16-13-18(15-5-2-1-3-6-15)27-21(14-16)8-11-23(12-9-21)20(26)19-17(25)7-4-10-22-19/h1-7,10,16,18,24-25H,8-9,11-14H2/t16-,18-/m1/s1. The molecule has 6 nitrogen and oxygen atoms in total. The smallest absolute Gasteiger partial charge is 0.276 e. The van der Waals surface area contributed by atoms with E-state index >= 15 is 0 Å². The van der Waals surface area contributed by atoms with Crippen molar-refractivity contribution in [3.63, 3.8) is 0 Å². The first-order chi connectivity index (χ1) is 13.1. The van der Waals surface area contributed by atoms with Crippen LogP contribution in [0.3, 0.4) is 0 Å². The van der Waals surface area contributed by atoms with Gasteiger partial charge in [-0.15, -0.1) is 0 Å². The first kappa shape index (κ1) is 17.9. The Kier molecular flexibility index (Phi) is 4.85. The Hall–Kier alpha value is -2.44. The monoisotopic (exact) mass is 368 g/mol. The lowest BCUT2D eigenvalue weighted by Crippen LogP contribution is -2.52. The zero-order valence-electron chi connectivity index (χ0n) is 15.1. The molecule has 4 rings (SSSR count). The number of piperidine rings is 1. The van der Waals surface area contributed by atoms with E-state index in [1.54, 1.807) is 11.0 Å². The largest absolute Gasteiger partial charge is 0.505 e. The Morgan fingerprint density at radius 1 is 1.15 bits per heavy atom. The summed E-state index contributed by atoms with van der Waals surface area (Å²) in [5.74, 6) is -0.366. The number of hydrogen-bond donors (Lipinski definition) is 2.